The fourth-order valence-electron chi connectivity index (χ4n) is 2.43. The average molecular weight is 259 g/mol. The largest absolute Gasteiger partial charge is 0.375 e. The van der Waals surface area contributed by atoms with E-state index in [4.69, 9.17) is 4.74 Å². The summed E-state index contributed by atoms with van der Waals surface area (Å²) in [5, 5.41) is 0. The summed E-state index contributed by atoms with van der Waals surface area (Å²) in [7, 11) is 0. The molecule has 1 aliphatic heterocycles. The van der Waals surface area contributed by atoms with Crippen LogP contribution in [0.3, 0.4) is 0 Å². The summed E-state index contributed by atoms with van der Waals surface area (Å²) in [5.41, 5.74) is 1.92. The van der Waals surface area contributed by atoms with Crippen molar-refractivity contribution < 1.29 is 9.53 Å². The molecule has 19 heavy (non-hydrogen) atoms. The first-order valence-electron chi connectivity index (χ1n) is 6.53. The first-order chi connectivity index (χ1) is 9.24. The molecule has 1 saturated heterocycles. The van der Waals surface area contributed by atoms with Crippen LogP contribution in [0.1, 0.15) is 6.92 Å². The molecule has 1 atom stereocenters. The topological polar surface area (TPSA) is 47.4 Å². The number of nitrogens with zero attached hydrogens (tertiary/aromatic N) is 3. The standard InChI is InChI=1S/C14H17N3O2/c1-11-8-16(6-7-19-11)14(18)9-17-10-15-12-4-2-3-5-13(12)17/h2-5,10-11H,6-9H2,1H3/t11-/m1/s1. The summed E-state index contributed by atoms with van der Waals surface area (Å²) in [6.45, 7) is 4.30. The second kappa shape index (κ2) is 5.01. The Hall–Kier alpha value is -1.88. The van der Waals surface area contributed by atoms with Gasteiger partial charge in [0.2, 0.25) is 5.91 Å². The Labute approximate surface area is 111 Å². The highest BCUT2D eigenvalue weighted by molar-refractivity contribution is 5.80. The van der Waals surface area contributed by atoms with E-state index in [1.165, 1.54) is 0 Å². The van der Waals surface area contributed by atoms with E-state index in [1.807, 2.05) is 40.7 Å². The third kappa shape index (κ3) is 2.46. The van der Waals surface area contributed by atoms with E-state index < -0.39 is 0 Å². The van der Waals surface area contributed by atoms with E-state index in [0.717, 1.165) is 11.0 Å². The van der Waals surface area contributed by atoms with Crippen LogP contribution in [0.25, 0.3) is 11.0 Å². The second-order valence-corrected chi connectivity index (χ2v) is 4.88. The first-order valence-corrected chi connectivity index (χ1v) is 6.53. The predicted octanol–water partition coefficient (Wildman–Crippen LogP) is 1.28. The minimum Gasteiger partial charge on any atom is -0.375 e. The van der Waals surface area contributed by atoms with Gasteiger partial charge in [-0.05, 0) is 19.1 Å². The van der Waals surface area contributed by atoms with E-state index in [0.29, 0.717) is 26.2 Å². The molecule has 1 aromatic carbocycles. The second-order valence-electron chi connectivity index (χ2n) is 4.88. The summed E-state index contributed by atoms with van der Waals surface area (Å²) in [6.07, 6.45) is 1.85. The molecule has 5 nitrogen and oxygen atoms in total. The lowest BCUT2D eigenvalue weighted by molar-refractivity contribution is -0.138. The van der Waals surface area contributed by atoms with E-state index in [2.05, 4.69) is 4.98 Å². The van der Waals surface area contributed by atoms with Crippen molar-refractivity contribution in [3.8, 4) is 0 Å². The molecule has 5 heteroatoms. The lowest BCUT2D eigenvalue weighted by Crippen LogP contribution is -2.45. The smallest absolute Gasteiger partial charge is 0.242 e. The number of rotatable bonds is 2. The van der Waals surface area contributed by atoms with Gasteiger partial charge in [0.1, 0.15) is 6.54 Å². The van der Waals surface area contributed by atoms with E-state index in [1.54, 1.807) is 6.33 Å². The Balaban J connectivity index is 1.75. The number of amides is 1. The fourth-order valence-corrected chi connectivity index (χ4v) is 2.43. The molecule has 100 valence electrons. The van der Waals surface area contributed by atoms with Gasteiger partial charge in [0.25, 0.3) is 0 Å². The minimum absolute atomic E-state index is 0.122. The third-order valence-electron chi connectivity index (χ3n) is 3.43. The van der Waals surface area contributed by atoms with Crippen LogP contribution in [0.5, 0.6) is 0 Å². The summed E-state index contributed by atoms with van der Waals surface area (Å²) < 4.78 is 7.35. The Bertz CT molecular complexity index is 593. The zero-order chi connectivity index (χ0) is 13.2. The lowest BCUT2D eigenvalue weighted by atomic mass is 10.3. The van der Waals surface area contributed by atoms with Crippen molar-refractivity contribution in [2.75, 3.05) is 19.7 Å². The van der Waals surface area contributed by atoms with E-state index in [-0.39, 0.29) is 12.0 Å². The van der Waals surface area contributed by atoms with Gasteiger partial charge in [0, 0.05) is 13.1 Å². The summed E-state index contributed by atoms with van der Waals surface area (Å²) in [6, 6.07) is 7.84. The van der Waals surface area contributed by atoms with Crippen molar-refractivity contribution in [1.82, 2.24) is 14.5 Å². The molecule has 1 amide bonds. The zero-order valence-electron chi connectivity index (χ0n) is 11.0. The van der Waals surface area contributed by atoms with Crippen molar-refractivity contribution in [3.63, 3.8) is 0 Å². The van der Waals surface area contributed by atoms with E-state index >= 15 is 0 Å². The van der Waals surface area contributed by atoms with Gasteiger partial charge >= 0.3 is 0 Å². The number of carbonyl (C=O) groups is 1. The molecule has 0 spiro atoms. The van der Waals surface area contributed by atoms with Crippen molar-refractivity contribution in [2.45, 2.75) is 19.6 Å². The van der Waals surface area contributed by atoms with Crippen LogP contribution in [0.4, 0.5) is 0 Å². The molecule has 0 aliphatic carbocycles. The van der Waals surface area contributed by atoms with Crippen LogP contribution in [0.15, 0.2) is 30.6 Å². The molecule has 3 rings (SSSR count). The molecule has 1 fully saturated rings. The lowest BCUT2D eigenvalue weighted by Gasteiger charge is -2.31. The van der Waals surface area contributed by atoms with Gasteiger partial charge in [0.15, 0.2) is 0 Å². The molecule has 0 saturated carbocycles. The summed E-state index contributed by atoms with van der Waals surface area (Å²) in [4.78, 5) is 18.4. The number of fused-ring (bicyclic) bond motifs is 1. The Morgan fingerprint density at radius 3 is 3.16 bits per heavy atom. The maximum absolute atomic E-state index is 12.3. The molecule has 2 aromatic rings. The number of ether oxygens (including phenoxy) is 1. The highest BCUT2D eigenvalue weighted by Gasteiger charge is 2.21. The number of morpholine rings is 1. The maximum atomic E-state index is 12.3. The molecular formula is C14H17N3O2. The number of aromatic nitrogens is 2. The number of carbonyl (C=O) groups excluding carboxylic acids is 1. The monoisotopic (exact) mass is 259 g/mol. The first kappa shape index (κ1) is 12.2. The van der Waals surface area contributed by atoms with Crippen LogP contribution >= 0.6 is 0 Å². The quantitative estimate of drug-likeness (QED) is 0.816. The molecule has 0 bridgehead atoms. The van der Waals surface area contributed by atoms with Gasteiger partial charge in [-0.2, -0.15) is 0 Å². The van der Waals surface area contributed by atoms with Gasteiger partial charge in [0.05, 0.1) is 30.1 Å². The SMILES string of the molecule is C[C@@H]1CN(C(=O)Cn2cnc3ccccc32)CCO1. The van der Waals surface area contributed by atoms with Crippen LogP contribution in [0.2, 0.25) is 0 Å². The van der Waals surface area contributed by atoms with Gasteiger partial charge in [-0.25, -0.2) is 4.98 Å². The average Bonchev–Trinajstić information content (AvgIpc) is 2.82. The van der Waals surface area contributed by atoms with Gasteiger partial charge in [-0.1, -0.05) is 12.1 Å². The van der Waals surface area contributed by atoms with E-state index in [9.17, 15) is 4.79 Å². The minimum atomic E-state index is 0.122. The molecule has 0 N–H and O–H groups in total. The highest BCUT2D eigenvalue weighted by Crippen LogP contribution is 2.13. The van der Waals surface area contributed by atoms with Gasteiger partial charge < -0.3 is 14.2 Å². The molecule has 0 radical (unpaired) electrons. The third-order valence-corrected chi connectivity index (χ3v) is 3.43. The van der Waals surface area contributed by atoms with Crippen LogP contribution in [0, 0.1) is 0 Å². The Kier molecular flexibility index (Phi) is 3.21. The summed E-state index contributed by atoms with van der Waals surface area (Å²) >= 11 is 0. The fraction of sp³-hybridized carbons (Fsp3) is 0.429. The van der Waals surface area contributed by atoms with Crippen molar-refractivity contribution >= 4 is 16.9 Å². The zero-order valence-corrected chi connectivity index (χ0v) is 11.0. The number of imidazole rings is 1. The molecular weight excluding hydrogens is 242 g/mol. The van der Waals surface area contributed by atoms with Crippen LogP contribution < -0.4 is 0 Å². The Morgan fingerprint density at radius 1 is 1.47 bits per heavy atom. The van der Waals surface area contributed by atoms with Crippen molar-refractivity contribution in [1.29, 1.82) is 0 Å². The number of benzene rings is 1. The molecule has 1 aromatic heterocycles. The Morgan fingerprint density at radius 2 is 2.32 bits per heavy atom. The summed E-state index contributed by atoms with van der Waals surface area (Å²) in [5.74, 6) is 0.123. The number of hydrogen-bond donors (Lipinski definition) is 0. The van der Waals surface area contributed by atoms with Crippen molar-refractivity contribution in [2.24, 2.45) is 0 Å². The van der Waals surface area contributed by atoms with Crippen LogP contribution in [-0.2, 0) is 16.1 Å². The number of para-hydroxylation sites is 2. The van der Waals surface area contributed by atoms with Gasteiger partial charge in [-0.3, -0.25) is 4.79 Å². The number of hydrogen-bond acceptors (Lipinski definition) is 3. The van der Waals surface area contributed by atoms with Gasteiger partial charge in [-0.15, -0.1) is 0 Å². The molecule has 1 aliphatic rings. The molecule has 2 heterocycles. The maximum Gasteiger partial charge on any atom is 0.242 e. The highest BCUT2D eigenvalue weighted by atomic mass is 16.5. The van der Waals surface area contributed by atoms with Crippen LogP contribution in [-0.4, -0.2) is 46.2 Å². The predicted molar refractivity (Wildman–Crippen MR) is 71.7 cm³/mol. The molecule has 0 unspecified atom stereocenters. The normalized spacial score (nSPS) is 19.8. The van der Waals surface area contributed by atoms with Crippen molar-refractivity contribution in [3.05, 3.63) is 30.6 Å².